The van der Waals surface area contributed by atoms with Crippen LogP contribution < -0.4 is 10.2 Å². The number of aliphatic hydroxyl groups is 1. The number of carbonyl (C=O) groups excluding carboxylic acids is 1. The van der Waals surface area contributed by atoms with Crippen molar-refractivity contribution in [1.82, 2.24) is 4.90 Å². The second kappa shape index (κ2) is 8.95. The number of para-hydroxylation sites is 2. The van der Waals surface area contributed by atoms with Crippen molar-refractivity contribution in [2.24, 2.45) is 0 Å². The highest BCUT2D eigenvalue weighted by molar-refractivity contribution is 5.95. The van der Waals surface area contributed by atoms with Crippen LogP contribution in [0.15, 0.2) is 54.6 Å². The van der Waals surface area contributed by atoms with E-state index in [4.69, 9.17) is 4.74 Å². The van der Waals surface area contributed by atoms with Gasteiger partial charge >= 0.3 is 0 Å². The first-order valence-electron chi connectivity index (χ1n) is 10.4. The van der Waals surface area contributed by atoms with E-state index in [1.54, 1.807) is 0 Å². The van der Waals surface area contributed by atoms with Crippen LogP contribution in [-0.4, -0.2) is 61.9 Å². The molecule has 0 aromatic heterocycles. The van der Waals surface area contributed by atoms with Crippen molar-refractivity contribution < 1.29 is 14.6 Å². The van der Waals surface area contributed by atoms with Crippen molar-refractivity contribution in [3.8, 4) is 0 Å². The van der Waals surface area contributed by atoms with E-state index in [9.17, 15) is 9.90 Å². The van der Waals surface area contributed by atoms with E-state index in [-0.39, 0.29) is 5.91 Å². The van der Waals surface area contributed by atoms with Crippen LogP contribution in [0.3, 0.4) is 0 Å². The molecule has 6 nitrogen and oxygen atoms in total. The van der Waals surface area contributed by atoms with Crippen molar-refractivity contribution in [2.45, 2.75) is 18.4 Å². The van der Waals surface area contributed by atoms with Crippen LogP contribution >= 0.6 is 0 Å². The molecule has 0 unspecified atom stereocenters. The van der Waals surface area contributed by atoms with Gasteiger partial charge in [-0.3, -0.25) is 9.69 Å². The molecular formula is C23H29N3O3. The maximum Gasteiger partial charge on any atom is 0.238 e. The molecule has 29 heavy (non-hydrogen) atoms. The summed E-state index contributed by atoms with van der Waals surface area (Å²) in [7, 11) is 0. The number of hydrogen-bond acceptors (Lipinski definition) is 5. The predicted octanol–water partition coefficient (Wildman–Crippen LogP) is 2.45. The van der Waals surface area contributed by atoms with Crippen molar-refractivity contribution >= 4 is 17.3 Å². The van der Waals surface area contributed by atoms with Crippen LogP contribution in [0.4, 0.5) is 11.4 Å². The number of nitrogens with zero attached hydrogens (tertiary/aromatic N) is 2. The molecule has 0 spiro atoms. The topological polar surface area (TPSA) is 65.0 Å². The van der Waals surface area contributed by atoms with Crippen LogP contribution in [0.1, 0.15) is 18.4 Å². The molecule has 0 bridgehead atoms. The van der Waals surface area contributed by atoms with E-state index in [2.05, 4.69) is 15.1 Å². The van der Waals surface area contributed by atoms with Crippen LogP contribution in [0, 0.1) is 0 Å². The molecule has 2 aliphatic rings. The van der Waals surface area contributed by atoms with E-state index >= 15 is 0 Å². The number of likely N-dealkylation sites (tertiary alicyclic amines) is 1. The van der Waals surface area contributed by atoms with Crippen molar-refractivity contribution in [1.29, 1.82) is 0 Å². The van der Waals surface area contributed by atoms with Gasteiger partial charge in [0, 0.05) is 26.2 Å². The summed E-state index contributed by atoms with van der Waals surface area (Å²) in [6.45, 7) is 4.81. The van der Waals surface area contributed by atoms with Crippen molar-refractivity contribution in [2.75, 3.05) is 56.2 Å². The maximum absolute atomic E-state index is 12.7. The van der Waals surface area contributed by atoms with Gasteiger partial charge < -0.3 is 20.1 Å². The zero-order chi connectivity index (χ0) is 20.1. The Bertz CT molecular complexity index is 813. The Morgan fingerprint density at radius 2 is 1.62 bits per heavy atom. The summed E-state index contributed by atoms with van der Waals surface area (Å²) in [6.07, 6.45) is 1.27. The van der Waals surface area contributed by atoms with Crippen LogP contribution in [0.5, 0.6) is 0 Å². The van der Waals surface area contributed by atoms with Gasteiger partial charge in [0.2, 0.25) is 5.91 Å². The Hall–Kier alpha value is -2.41. The summed E-state index contributed by atoms with van der Waals surface area (Å²) in [6, 6.07) is 17.8. The number of benzene rings is 2. The van der Waals surface area contributed by atoms with Gasteiger partial charge in [0.1, 0.15) is 0 Å². The number of morpholine rings is 1. The van der Waals surface area contributed by atoms with E-state index < -0.39 is 5.60 Å². The zero-order valence-electron chi connectivity index (χ0n) is 16.7. The summed E-state index contributed by atoms with van der Waals surface area (Å²) in [5.41, 5.74) is 2.05. The van der Waals surface area contributed by atoms with Gasteiger partial charge in [-0.15, -0.1) is 0 Å². The van der Waals surface area contributed by atoms with Gasteiger partial charge in [0.15, 0.2) is 0 Å². The molecule has 0 radical (unpaired) electrons. The molecule has 4 rings (SSSR count). The molecule has 0 atom stereocenters. The minimum atomic E-state index is -0.794. The number of piperidine rings is 1. The minimum absolute atomic E-state index is 0.0177. The van der Waals surface area contributed by atoms with E-state index in [0.717, 1.165) is 30.0 Å². The third-order valence-corrected chi connectivity index (χ3v) is 5.89. The summed E-state index contributed by atoms with van der Waals surface area (Å²) >= 11 is 0. The molecule has 154 valence electrons. The zero-order valence-corrected chi connectivity index (χ0v) is 16.7. The SMILES string of the molecule is O=C(CN1CCC(O)(c2ccccc2)CC1)Nc1ccccc1N1CCOCC1. The van der Waals surface area contributed by atoms with E-state index in [1.165, 1.54) is 0 Å². The Morgan fingerprint density at radius 1 is 0.966 bits per heavy atom. The summed E-state index contributed by atoms with van der Waals surface area (Å²) in [4.78, 5) is 17.1. The molecule has 2 saturated heterocycles. The summed E-state index contributed by atoms with van der Waals surface area (Å²) in [5.74, 6) is -0.0177. The average molecular weight is 396 g/mol. The van der Waals surface area contributed by atoms with Gasteiger partial charge in [-0.05, 0) is 30.5 Å². The molecule has 2 heterocycles. The minimum Gasteiger partial charge on any atom is -0.385 e. The molecule has 0 saturated carbocycles. The monoisotopic (exact) mass is 395 g/mol. The average Bonchev–Trinajstić information content (AvgIpc) is 2.77. The highest BCUT2D eigenvalue weighted by atomic mass is 16.5. The number of amides is 1. The molecular weight excluding hydrogens is 366 g/mol. The Kier molecular flexibility index (Phi) is 6.13. The lowest BCUT2D eigenvalue weighted by Crippen LogP contribution is -2.45. The van der Waals surface area contributed by atoms with Gasteiger partial charge in [-0.25, -0.2) is 0 Å². The van der Waals surface area contributed by atoms with E-state index in [1.807, 2.05) is 54.6 Å². The summed E-state index contributed by atoms with van der Waals surface area (Å²) < 4.78 is 5.44. The fourth-order valence-corrected chi connectivity index (χ4v) is 4.17. The standard InChI is InChI=1S/C23H29N3O3/c27-22(24-20-8-4-5-9-21(20)26-14-16-29-17-15-26)18-25-12-10-23(28,11-13-25)19-6-2-1-3-7-19/h1-9,28H,10-18H2,(H,24,27). The molecule has 2 N–H and O–H groups in total. The smallest absolute Gasteiger partial charge is 0.238 e. The van der Waals surface area contributed by atoms with Gasteiger partial charge in [0.05, 0.1) is 36.7 Å². The molecule has 0 aliphatic carbocycles. The Balaban J connectivity index is 1.33. The number of nitrogens with one attached hydrogen (secondary N) is 1. The maximum atomic E-state index is 12.7. The van der Waals surface area contributed by atoms with Gasteiger partial charge in [0.25, 0.3) is 0 Å². The third kappa shape index (κ3) is 4.78. The normalized spacial score (nSPS) is 19.7. The molecule has 2 aromatic rings. The highest BCUT2D eigenvalue weighted by Crippen LogP contribution is 2.32. The van der Waals surface area contributed by atoms with Crippen LogP contribution in [0.25, 0.3) is 0 Å². The predicted molar refractivity (Wildman–Crippen MR) is 114 cm³/mol. The lowest BCUT2D eigenvalue weighted by atomic mass is 9.84. The number of ether oxygens (including phenoxy) is 1. The van der Waals surface area contributed by atoms with Gasteiger partial charge in [-0.2, -0.15) is 0 Å². The number of carbonyl (C=O) groups is 1. The second-order valence-electron chi connectivity index (χ2n) is 7.84. The highest BCUT2D eigenvalue weighted by Gasteiger charge is 2.34. The fraction of sp³-hybridized carbons (Fsp3) is 0.435. The molecule has 6 heteroatoms. The Morgan fingerprint density at radius 3 is 2.34 bits per heavy atom. The second-order valence-corrected chi connectivity index (χ2v) is 7.84. The first-order chi connectivity index (χ1) is 14.1. The van der Waals surface area contributed by atoms with Crippen LogP contribution in [-0.2, 0) is 15.1 Å². The first-order valence-corrected chi connectivity index (χ1v) is 10.4. The van der Waals surface area contributed by atoms with Gasteiger partial charge in [-0.1, -0.05) is 42.5 Å². The molecule has 1 amide bonds. The largest absolute Gasteiger partial charge is 0.385 e. The summed E-state index contributed by atoms with van der Waals surface area (Å²) in [5, 5.41) is 14.0. The number of hydrogen-bond donors (Lipinski definition) is 2. The number of anilines is 2. The van der Waals surface area contributed by atoms with Crippen molar-refractivity contribution in [3.05, 3.63) is 60.2 Å². The third-order valence-electron chi connectivity index (χ3n) is 5.89. The van der Waals surface area contributed by atoms with E-state index in [0.29, 0.717) is 45.7 Å². The van der Waals surface area contributed by atoms with Crippen molar-refractivity contribution in [3.63, 3.8) is 0 Å². The Labute approximate surface area is 172 Å². The molecule has 2 aromatic carbocycles. The first kappa shape index (κ1) is 19.9. The lowest BCUT2D eigenvalue weighted by molar-refractivity contribution is -0.118. The van der Waals surface area contributed by atoms with Crippen LogP contribution in [0.2, 0.25) is 0 Å². The molecule has 2 aliphatic heterocycles. The quantitative estimate of drug-likeness (QED) is 0.814. The fourth-order valence-electron chi connectivity index (χ4n) is 4.17. The molecule has 2 fully saturated rings. The lowest BCUT2D eigenvalue weighted by Gasteiger charge is -2.38. The number of rotatable bonds is 5.